The Labute approximate surface area is 178 Å². The van der Waals surface area contributed by atoms with E-state index in [0.29, 0.717) is 17.7 Å². The molecule has 1 fully saturated rings. The fraction of sp³-hybridized carbons (Fsp3) is 0.400. The fourth-order valence-electron chi connectivity index (χ4n) is 3.85. The molecule has 1 atom stereocenters. The van der Waals surface area contributed by atoms with Gasteiger partial charge in [-0.05, 0) is 32.4 Å². The third-order valence-electron chi connectivity index (χ3n) is 5.29. The molecule has 1 aliphatic heterocycles. The molecule has 31 heavy (non-hydrogen) atoms. The first kappa shape index (κ1) is 22.5. The van der Waals surface area contributed by atoms with Gasteiger partial charge in [0.1, 0.15) is 0 Å². The number of carbonyl (C=O) groups excluding carboxylic acids is 2. The van der Waals surface area contributed by atoms with Crippen LogP contribution in [0.15, 0.2) is 24.3 Å². The first-order valence-electron chi connectivity index (χ1n) is 9.45. The number of aromatic nitrogens is 1. The van der Waals surface area contributed by atoms with Crippen molar-refractivity contribution in [3.63, 3.8) is 0 Å². The minimum absolute atomic E-state index is 0.0278. The third kappa shape index (κ3) is 4.61. The molecule has 0 spiro atoms. The van der Waals surface area contributed by atoms with Crippen molar-refractivity contribution in [2.45, 2.75) is 26.3 Å². The van der Waals surface area contributed by atoms with Gasteiger partial charge in [0.25, 0.3) is 0 Å². The summed E-state index contributed by atoms with van der Waals surface area (Å²) in [6.45, 7) is 3.03. The summed E-state index contributed by atoms with van der Waals surface area (Å²) >= 11 is 0. The zero-order valence-corrected chi connectivity index (χ0v) is 18.1. The molecule has 0 bridgehead atoms. The minimum atomic E-state index is -3.09. The van der Waals surface area contributed by atoms with Crippen LogP contribution in [0.1, 0.15) is 44.6 Å². The number of ketones is 1. The van der Waals surface area contributed by atoms with Gasteiger partial charge < -0.3 is 14.0 Å². The van der Waals surface area contributed by atoms with Crippen molar-refractivity contribution in [1.29, 1.82) is 0 Å². The molecule has 2 heterocycles. The highest BCUT2D eigenvalue weighted by molar-refractivity contribution is 7.91. The van der Waals surface area contributed by atoms with Gasteiger partial charge in [-0.2, -0.15) is 0 Å². The summed E-state index contributed by atoms with van der Waals surface area (Å²) in [6, 6.07) is 4.93. The maximum Gasteiger partial charge on any atom is 0.337 e. The molecule has 0 radical (unpaired) electrons. The fourth-order valence-corrected chi connectivity index (χ4v) is 5.55. The van der Waals surface area contributed by atoms with Crippen LogP contribution >= 0.6 is 0 Å². The average Bonchev–Trinajstić information content (AvgIpc) is 3.22. The number of nitro groups is 1. The Bertz CT molecular complexity index is 1170. The summed E-state index contributed by atoms with van der Waals surface area (Å²) in [5, 5.41) is 11.3. The molecule has 2 aromatic rings. The number of hydrogen-bond acceptors (Lipinski definition) is 8. The molecule has 10 nitrogen and oxygen atoms in total. The van der Waals surface area contributed by atoms with Gasteiger partial charge in [0, 0.05) is 35.1 Å². The number of benzene rings is 1. The molecule has 0 saturated carbocycles. The number of nitro benzene ring substituents is 1. The zero-order valence-electron chi connectivity index (χ0n) is 17.3. The van der Waals surface area contributed by atoms with Crippen molar-refractivity contribution in [2.75, 3.05) is 25.2 Å². The number of methoxy groups -OCH3 is 1. The number of carbonyl (C=O) groups is 2. The number of hydrogen-bond donors (Lipinski definition) is 0. The summed E-state index contributed by atoms with van der Waals surface area (Å²) in [5.74, 6) is -1.20. The van der Waals surface area contributed by atoms with E-state index < -0.39 is 33.1 Å². The second-order valence-corrected chi connectivity index (χ2v) is 9.58. The van der Waals surface area contributed by atoms with E-state index in [1.165, 1.54) is 13.2 Å². The predicted octanol–water partition coefficient (Wildman–Crippen LogP) is 2.42. The first-order chi connectivity index (χ1) is 14.5. The number of esters is 1. The minimum Gasteiger partial charge on any atom is -0.478 e. The molecule has 3 rings (SSSR count). The van der Waals surface area contributed by atoms with Crippen LogP contribution in [0, 0.1) is 24.0 Å². The highest BCUT2D eigenvalue weighted by atomic mass is 32.2. The first-order valence-corrected chi connectivity index (χ1v) is 11.3. The molecule has 1 saturated heterocycles. The Morgan fingerprint density at radius 2 is 1.97 bits per heavy atom. The van der Waals surface area contributed by atoms with Crippen LogP contribution in [0.5, 0.6) is 5.75 Å². The molecule has 1 aliphatic rings. The van der Waals surface area contributed by atoms with Crippen LogP contribution in [-0.4, -0.2) is 54.9 Å². The van der Waals surface area contributed by atoms with Crippen LogP contribution in [0.4, 0.5) is 5.69 Å². The lowest BCUT2D eigenvalue weighted by atomic mass is 10.1. The van der Waals surface area contributed by atoms with Gasteiger partial charge in [0.05, 0.1) is 29.1 Å². The second-order valence-electron chi connectivity index (χ2n) is 7.35. The Kier molecular flexibility index (Phi) is 6.16. The van der Waals surface area contributed by atoms with Crippen LogP contribution < -0.4 is 4.74 Å². The van der Waals surface area contributed by atoms with E-state index in [1.54, 1.807) is 19.9 Å². The van der Waals surface area contributed by atoms with Crippen molar-refractivity contribution in [3.8, 4) is 5.75 Å². The summed E-state index contributed by atoms with van der Waals surface area (Å²) in [7, 11) is -1.91. The largest absolute Gasteiger partial charge is 0.478 e. The van der Waals surface area contributed by atoms with E-state index in [1.807, 2.05) is 4.57 Å². The Morgan fingerprint density at radius 3 is 2.55 bits per heavy atom. The predicted molar refractivity (Wildman–Crippen MR) is 110 cm³/mol. The SMILES string of the molecule is COC(=O)c1ccc([N+](=O)[O-])c(OCC(=O)c2cc(C)n(C3CCS(=O)(=O)C3)c2C)c1. The molecule has 0 aliphatic carbocycles. The van der Waals surface area contributed by atoms with Crippen molar-refractivity contribution in [3.05, 3.63) is 56.9 Å². The molecular formula is C20H22N2O8S. The van der Waals surface area contributed by atoms with Crippen molar-refractivity contribution in [2.24, 2.45) is 0 Å². The standard InChI is InChI=1S/C20H22N2O8S/c1-12-8-16(13(2)21(12)15-6-7-31(27,28)11-15)18(23)10-30-19-9-14(20(24)29-3)4-5-17(19)22(25)26/h4-5,8-9,15H,6-7,10-11H2,1-3H3. The number of rotatable bonds is 7. The average molecular weight is 450 g/mol. The number of Topliss-reactive ketones (excluding diaryl/α,β-unsaturated/α-hetero) is 1. The molecule has 0 amide bonds. The quantitative estimate of drug-likeness (QED) is 0.272. The number of aryl methyl sites for hydroxylation is 1. The Hall–Kier alpha value is -3.21. The molecule has 166 valence electrons. The van der Waals surface area contributed by atoms with E-state index in [0.717, 1.165) is 17.8 Å². The smallest absolute Gasteiger partial charge is 0.337 e. The van der Waals surface area contributed by atoms with Gasteiger partial charge in [-0.25, -0.2) is 13.2 Å². The summed E-state index contributed by atoms with van der Waals surface area (Å²) in [6.07, 6.45) is 0.481. The van der Waals surface area contributed by atoms with E-state index >= 15 is 0 Å². The summed E-state index contributed by atoms with van der Waals surface area (Å²) < 4.78 is 35.5. The van der Waals surface area contributed by atoms with Crippen molar-refractivity contribution in [1.82, 2.24) is 4.57 Å². The highest BCUT2D eigenvalue weighted by Gasteiger charge is 2.32. The maximum absolute atomic E-state index is 12.8. The van der Waals surface area contributed by atoms with E-state index in [4.69, 9.17) is 4.74 Å². The molecule has 0 N–H and O–H groups in total. The van der Waals surface area contributed by atoms with Gasteiger partial charge in [-0.1, -0.05) is 0 Å². The number of sulfone groups is 1. The van der Waals surface area contributed by atoms with Gasteiger partial charge in [0.15, 0.2) is 22.2 Å². The van der Waals surface area contributed by atoms with Gasteiger partial charge in [-0.3, -0.25) is 14.9 Å². The summed E-state index contributed by atoms with van der Waals surface area (Å²) in [4.78, 5) is 35.1. The van der Waals surface area contributed by atoms with Crippen molar-refractivity contribution >= 4 is 27.3 Å². The van der Waals surface area contributed by atoms with Crippen LogP contribution in [0.2, 0.25) is 0 Å². The van der Waals surface area contributed by atoms with E-state index in [2.05, 4.69) is 4.74 Å². The normalized spacial score (nSPS) is 17.3. The highest BCUT2D eigenvalue weighted by Crippen LogP contribution is 2.31. The molecule has 1 aromatic carbocycles. The molecular weight excluding hydrogens is 428 g/mol. The number of nitrogens with zero attached hydrogens (tertiary/aromatic N) is 2. The molecule has 1 aromatic heterocycles. The van der Waals surface area contributed by atoms with Gasteiger partial charge in [-0.15, -0.1) is 0 Å². The van der Waals surface area contributed by atoms with E-state index in [9.17, 15) is 28.1 Å². The van der Waals surface area contributed by atoms with E-state index in [-0.39, 0.29) is 34.5 Å². The Balaban J connectivity index is 1.83. The lowest BCUT2D eigenvalue weighted by Gasteiger charge is -2.16. The molecule has 1 unspecified atom stereocenters. The lowest BCUT2D eigenvalue weighted by Crippen LogP contribution is -2.16. The topological polar surface area (TPSA) is 135 Å². The van der Waals surface area contributed by atoms with Crippen LogP contribution in [0.3, 0.4) is 0 Å². The maximum atomic E-state index is 12.8. The number of ether oxygens (including phenoxy) is 2. The second kappa shape index (κ2) is 8.50. The van der Waals surface area contributed by atoms with Crippen LogP contribution in [-0.2, 0) is 14.6 Å². The monoisotopic (exact) mass is 450 g/mol. The molecule has 11 heteroatoms. The summed E-state index contributed by atoms with van der Waals surface area (Å²) in [5.41, 5.74) is 1.39. The zero-order chi connectivity index (χ0) is 22.9. The van der Waals surface area contributed by atoms with Crippen molar-refractivity contribution < 1.29 is 32.4 Å². The third-order valence-corrected chi connectivity index (χ3v) is 7.05. The van der Waals surface area contributed by atoms with Crippen LogP contribution in [0.25, 0.3) is 0 Å². The van der Waals surface area contributed by atoms with Gasteiger partial charge >= 0.3 is 11.7 Å². The lowest BCUT2D eigenvalue weighted by molar-refractivity contribution is -0.385. The van der Waals surface area contributed by atoms with Gasteiger partial charge in [0.2, 0.25) is 5.78 Å². The Morgan fingerprint density at radius 1 is 1.26 bits per heavy atom.